The van der Waals surface area contributed by atoms with Crippen LogP contribution in [0.3, 0.4) is 0 Å². The second-order valence-electron chi connectivity index (χ2n) is 9.99. The summed E-state index contributed by atoms with van der Waals surface area (Å²) < 4.78 is 20.8. The molecule has 4 heterocycles. The van der Waals surface area contributed by atoms with Crippen molar-refractivity contribution >= 4 is 50.8 Å². The molecular formula is C27H29FN8OS. The maximum atomic E-state index is 14.7. The highest BCUT2D eigenvalue weighted by molar-refractivity contribution is 7.85. The number of carbonyl (C=O) groups excluding carboxylic acids is 1. The summed E-state index contributed by atoms with van der Waals surface area (Å²) in [4.78, 5) is 29.9. The van der Waals surface area contributed by atoms with E-state index >= 15 is 0 Å². The number of benzene rings is 1. The van der Waals surface area contributed by atoms with Gasteiger partial charge in [0.15, 0.2) is 17.3 Å². The van der Waals surface area contributed by atoms with Crippen molar-refractivity contribution < 1.29 is 9.18 Å². The summed E-state index contributed by atoms with van der Waals surface area (Å²) in [5.41, 5.74) is 2.38. The number of hydrogen-bond acceptors (Lipinski definition) is 7. The maximum absolute atomic E-state index is 14.7. The van der Waals surface area contributed by atoms with Gasteiger partial charge in [0, 0.05) is 50.3 Å². The van der Waals surface area contributed by atoms with Crippen LogP contribution in [0.5, 0.6) is 0 Å². The Bertz CT molecular complexity index is 1560. The number of nitrogens with one attached hydrogen (secondary N) is 1. The Kier molecular flexibility index (Phi) is 6.10. The molecule has 196 valence electrons. The van der Waals surface area contributed by atoms with Gasteiger partial charge in [-0.1, -0.05) is 16.8 Å². The lowest BCUT2D eigenvalue weighted by Gasteiger charge is -2.43. The number of hydrogen-bond donors (Lipinski definition) is 1. The lowest BCUT2D eigenvalue weighted by Crippen LogP contribution is -2.56. The molecule has 0 bridgehead atoms. The third kappa shape index (κ3) is 4.62. The molecule has 1 aliphatic heterocycles. The Hall–Kier alpha value is -3.86. The summed E-state index contributed by atoms with van der Waals surface area (Å²) in [6, 6.07) is 13.6. The van der Waals surface area contributed by atoms with Crippen molar-refractivity contribution in [1.29, 1.82) is 0 Å². The molecule has 2 aliphatic rings. The second kappa shape index (κ2) is 9.46. The predicted molar refractivity (Wildman–Crippen MR) is 149 cm³/mol. The second-order valence-corrected chi connectivity index (χ2v) is 11.7. The number of fused-ring (bicyclic) bond motifs is 1. The fraction of sp³-hybridized carbons (Fsp3) is 0.333. The van der Waals surface area contributed by atoms with Gasteiger partial charge in [-0.25, -0.2) is 18.7 Å². The van der Waals surface area contributed by atoms with Crippen molar-refractivity contribution in [3.8, 4) is 5.82 Å². The van der Waals surface area contributed by atoms with Crippen LogP contribution in [0.2, 0.25) is 0 Å². The van der Waals surface area contributed by atoms with Crippen molar-refractivity contribution in [3.63, 3.8) is 0 Å². The van der Waals surface area contributed by atoms with Gasteiger partial charge in [-0.15, -0.1) is 0 Å². The Morgan fingerprint density at radius 2 is 1.89 bits per heavy atom. The number of halogens is 1. The highest BCUT2D eigenvalue weighted by atomic mass is 32.2. The summed E-state index contributed by atoms with van der Waals surface area (Å²) in [6.07, 6.45) is 9.01. The topological polar surface area (TPSA) is 91.5 Å². The normalized spacial score (nSPS) is 16.3. The van der Waals surface area contributed by atoms with Crippen LogP contribution in [-0.2, 0) is 15.5 Å². The van der Waals surface area contributed by atoms with E-state index in [0.717, 1.165) is 43.9 Å². The van der Waals surface area contributed by atoms with Crippen molar-refractivity contribution in [2.24, 2.45) is 4.36 Å². The van der Waals surface area contributed by atoms with E-state index in [1.54, 1.807) is 17.6 Å². The van der Waals surface area contributed by atoms with Gasteiger partial charge in [0.25, 0.3) is 0 Å². The first-order valence-corrected chi connectivity index (χ1v) is 14.5. The van der Waals surface area contributed by atoms with E-state index in [0.29, 0.717) is 28.6 Å². The summed E-state index contributed by atoms with van der Waals surface area (Å²) in [7, 11) is -0.163. The number of piperazine rings is 1. The first kappa shape index (κ1) is 24.5. The summed E-state index contributed by atoms with van der Waals surface area (Å²) in [5.74, 6) is 1.25. The molecule has 38 heavy (non-hydrogen) atoms. The largest absolute Gasteiger partial charge is 0.367 e. The first-order chi connectivity index (χ1) is 18.3. The van der Waals surface area contributed by atoms with E-state index in [9.17, 15) is 9.18 Å². The molecule has 2 fully saturated rings. The van der Waals surface area contributed by atoms with Crippen molar-refractivity contribution in [2.75, 3.05) is 42.4 Å². The molecule has 0 atom stereocenters. The fourth-order valence-electron chi connectivity index (χ4n) is 5.13. The van der Waals surface area contributed by atoms with E-state index in [1.165, 1.54) is 12.4 Å². The minimum absolute atomic E-state index is 0.00604. The van der Waals surface area contributed by atoms with Crippen molar-refractivity contribution in [2.45, 2.75) is 25.3 Å². The van der Waals surface area contributed by atoms with Crippen molar-refractivity contribution in [1.82, 2.24) is 24.4 Å². The third-order valence-corrected chi connectivity index (χ3v) is 7.64. The average molecular weight is 533 g/mol. The zero-order chi connectivity index (χ0) is 26.4. The molecule has 1 saturated heterocycles. The smallest absolute Gasteiger partial charge is 0.229 e. The van der Waals surface area contributed by atoms with E-state index in [-0.39, 0.29) is 22.1 Å². The highest BCUT2D eigenvalue weighted by Crippen LogP contribution is 2.45. The number of rotatable bonds is 5. The monoisotopic (exact) mass is 532 g/mol. The number of carbonyl (C=O) groups is 1. The summed E-state index contributed by atoms with van der Waals surface area (Å²) >= 11 is 0. The lowest BCUT2D eigenvalue weighted by molar-refractivity contribution is -0.132. The molecule has 6 rings (SSSR count). The van der Waals surface area contributed by atoms with E-state index < -0.39 is 5.82 Å². The van der Waals surface area contributed by atoms with Crippen LogP contribution in [0.4, 0.5) is 27.5 Å². The minimum Gasteiger partial charge on any atom is -0.367 e. The Labute approximate surface area is 222 Å². The highest BCUT2D eigenvalue weighted by Gasteiger charge is 2.52. The van der Waals surface area contributed by atoms with Gasteiger partial charge in [0.1, 0.15) is 5.82 Å². The molecule has 0 unspecified atom stereocenters. The van der Waals surface area contributed by atoms with E-state index in [1.807, 2.05) is 41.7 Å². The molecule has 1 amide bonds. The number of aromatic nitrogens is 4. The molecule has 1 N–H and O–H groups in total. The number of nitrogens with zero attached hydrogens (tertiary/aromatic N) is 7. The van der Waals surface area contributed by atoms with Crippen LogP contribution in [0.15, 0.2) is 59.2 Å². The Morgan fingerprint density at radius 1 is 1.11 bits per heavy atom. The zero-order valence-corrected chi connectivity index (χ0v) is 22.4. The molecule has 11 heteroatoms. The van der Waals surface area contributed by atoms with Crippen LogP contribution in [0, 0.1) is 5.82 Å². The fourth-order valence-corrected chi connectivity index (χ4v) is 5.61. The molecule has 1 aliphatic carbocycles. The van der Waals surface area contributed by atoms with E-state index in [4.69, 9.17) is 0 Å². The van der Waals surface area contributed by atoms with Gasteiger partial charge < -0.3 is 15.1 Å². The lowest BCUT2D eigenvalue weighted by atomic mass is 10.1. The maximum Gasteiger partial charge on any atom is 0.229 e. The molecule has 9 nitrogen and oxygen atoms in total. The van der Waals surface area contributed by atoms with Gasteiger partial charge in [0.05, 0.1) is 10.9 Å². The number of pyridine rings is 1. The quantitative estimate of drug-likeness (QED) is 0.404. The van der Waals surface area contributed by atoms with Crippen LogP contribution >= 0.6 is 0 Å². The number of anilines is 3. The zero-order valence-electron chi connectivity index (χ0n) is 21.6. The van der Waals surface area contributed by atoms with Gasteiger partial charge >= 0.3 is 0 Å². The number of amides is 1. The Morgan fingerprint density at radius 3 is 2.61 bits per heavy atom. The average Bonchev–Trinajstić information content (AvgIpc) is 3.57. The Balaban J connectivity index is 1.22. The molecule has 0 radical (unpaired) electrons. The van der Waals surface area contributed by atoms with E-state index in [2.05, 4.69) is 41.7 Å². The third-order valence-electron chi connectivity index (χ3n) is 7.09. The van der Waals surface area contributed by atoms with Gasteiger partial charge in [0.2, 0.25) is 11.9 Å². The van der Waals surface area contributed by atoms with Gasteiger partial charge in [-0.2, -0.15) is 4.98 Å². The molecular weight excluding hydrogens is 503 g/mol. The molecule has 1 saturated carbocycles. The van der Waals surface area contributed by atoms with Crippen molar-refractivity contribution in [3.05, 3.63) is 60.7 Å². The predicted octanol–water partition coefficient (Wildman–Crippen LogP) is 4.59. The summed E-state index contributed by atoms with van der Waals surface area (Å²) in [6.45, 7) is 4.10. The van der Waals surface area contributed by atoms with Crippen LogP contribution in [0.25, 0.3) is 16.9 Å². The minimum atomic E-state index is -0.413. The van der Waals surface area contributed by atoms with Gasteiger partial charge in [-0.3, -0.25) is 9.36 Å². The molecule has 4 aromatic rings. The van der Waals surface area contributed by atoms with Crippen LogP contribution < -0.4 is 10.2 Å². The van der Waals surface area contributed by atoms with Crippen LogP contribution in [-0.4, -0.2) is 68.0 Å². The molecule has 1 spiro atoms. The first-order valence-electron chi connectivity index (χ1n) is 12.5. The van der Waals surface area contributed by atoms with Crippen LogP contribution in [0.1, 0.15) is 19.8 Å². The SMILES string of the molecule is CC(=O)N1CCN(c2ccc(Nc3ncc4c(F)cn(-c5cccc(N=S(C)C)n5)c4n3)cc2)CC12CC2. The summed E-state index contributed by atoms with van der Waals surface area (Å²) in [5, 5.41) is 3.55. The molecule has 1 aromatic carbocycles. The van der Waals surface area contributed by atoms with Gasteiger partial charge in [-0.05, 0) is 61.8 Å². The molecule has 3 aromatic heterocycles. The standard InChI is InChI=1S/C27H29FN8OS/c1-18(37)36-14-13-34(17-27(36)11-12-27)20-9-7-19(8-10-20)30-26-29-15-21-22(28)16-35(25(21)32-26)24-6-4-5-23(31-24)33-38(2)3/h4-10,15-16H,11-14,17H2,1-3H3,(H,29,30,32).